The average molecular weight is 339 g/mol. The number of nitrogens with zero attached hydrogens (tertiary/aromatic N) is 2. The Morgan fingerprint density at radius 2 is 2.09 bits per heavy atom. The molecule has 1 unspecified atom stereocenters. The maximum absolute atomic E-state index is 12.3. The summed E-state index contributed by atoms with van der Waals surface area (Å²) in [5.41, 5.74) is 1.33. The van der Waals surface area contributed by atoms with E-state index in [9.17, 15) is 4.79 Å². The normalized spacial score (nSPS) is 12.4. The number of carbonyl (C=O) groups excluding carboxylic acids is 1. The Morgan fingerprint density at radius 1 is 1.41 bits per heavy atom. The van der Waals surface area contributed by atoms with Gasteiger partial charge in [0.15, 0.2) is 0 Å². The number of hydrogen-bond donors (Lipinski definition) is 0. The molecule has 22 heavy (non-hydrogen) atoms. The monoisotopic (exact) mass is 338 g/mol. The summed E-state index contributed by atoms with van der Waals surface area (Å²) in [7, 11) is 0. The summed E-state index contributed by atoms with van der Waals surface area (Å²) in [6.07, 6.45) is 3.17. The van der Waals surface area contributed by atoms with E-state index in [1.54, 1.807) is 30.0 Å². The van der Waals surface area contributed by atoms with Crippen LogP contribution in [0, 0.1) is 17.2 Å². The van der Waals surface area contributed by atoms with E-state index in [2.05, 4.69) is 13.8 Å². The van der Waals surface area contributed by atoms with Crippen LogP contribution in [0.3, 0.4) is 0 Å². The first-order chi connectivity index (χ1) is 10.3. The second-order valence-corrected chi connectivity index (χ2v) is 6.67. The van der Waals surface area contributed by atoms with Gasteiger partial charge in [-0.15, -0.1) is 11.6 Å². The van der Waals surface area contributed by atoms with Crippen molar-refractivity contribution in [2.24, 2.45) is 5.92 Å². The Labute approximate surface area is 142 Å². The summed E-state index contributed by atoms with van der Waals surface area (Å²) in [4.78, 5) is 14.0. The fraction of sp³-hybridized carbons (Fsp3) is 0.412. The van der Waals surface area contributed by atoms with Crippen LogP contribution in [0.4, 0.5) is 0 Å². The Kier molecular flexibility index (Phi) is 7.44. The maximum Gasteiger partial charge on any atom is 0.246 e. The van der Waals surface area contributed by atoms with Crippen LogP contribution in [0.15, 0.2) is 30.4 Å². The quantitative estimate of drug-likeness (QED) is 0.570. The highest BCUT2D eigenvalue weighted by molar-refractivity contribution is 6.31. The summed E-state index contributed by atoms with van der Waals surface area (Å²) < 4.78 is 0. The Bertz CT molecular complexity index is 589. The number of hydrogen-bond acceptors (Lipinski definition) is 2. The minimum atomic E-state index is -0.186. The van der Waals surface area contributed by atoms with Gasteiger partial charge in [-0.2, -0.15) is 5.26 Å². The molecule has 0 saturated carbocycles. The number of carbonyl (C=O) groups is 1. The first kappa shape index (κ1) is 18.5. The van der Waals surface area contributed by atoms with Crippen LogP contribution in [0.5, 0.6) is 0 Å². The molecule has 1 rings (SSSR count). The molecule has 1 aromatic carbocycles. The van der Waals surface area contributed by atoms with E-state index in [0.717, 1.165) is 5.56 Å². The molecular weight excluding hydrogens is 319 g/mol. The molecule has 0 aliphatic carbocycles. The van der Waals surface area contributed by atoms with Crippen molar-refractivity contribution in [2.45, 2.75) is 32.7 Å². The second-order valence-electron chi connectivity index (χ2n) is 5.58. The van der Waals surface area contributed by atoms with Gasteiger partial charge in [-0.1, -0.05) is 37.6 Å². The van der Waals surface area contributed by atoms with E-state index in [1.165, 1.54) is 6.08 Å². The molecule has 0 aliphatic heterocycles. The van der Waals surface area contributed by atoms with Gasteiger partial charge in [0.25, 0.3) is 0 Å². The highest BCUT2D eigenvalue weighted by atomic mass is 35.5. The van der Waals surface area contributed by atoms with Crippen molar-refractivity contribution >= 4 is 29.1 Å². The third-order valence-electron chi connectivity index (χ3n) is 2.93. The number of halogens is 2. The van der Waals surface area contributed by atoms with Gasteiger partial charge in [-0.05, 0) is 30.5 Å². The first-order valence-electron chi connectivity index (χ1n) is 7.13. The Balaban J connectivity index is 2.91. The fourth-order valence-corrected chi connectivity index (χ4v) is 2.28. The lowest BCUT2D eigenvalue weighted by atomic mass is 10.1. The van der Waals surface area contributed by atoms with E-state index in [-0.39, 0.29) is 11.3 Å². The van der Waals surface area contributed by atoms with E-state index < -0.39 is 0 Å². The van der Waals surface area contributed by atoms with Gasteiger partial charge in [0.2, 0.25) is 5.91 Å². The van der Waals surface area contributed by atoms with Gasteiger partial charge >= 0.3 is 0 Å². The molecule has 0 spiro atoms. The number of amides is 1. The summed E-state index contributed by atoms with van der Waals surface area (Å²) in [5.74, 6) is 0.265. The standard InChI is InChI=1S/C17H20Cl2N2O/c1-12(2)10-21(17(22)7-4-13(3)18)11-14-5-6-15(9-20)16(19)8-14/h4-8,12-13H,10-11H2,1-3H3/b7-4+. The summed E-state index contributed by atoms with van der Waals surface area (Å²) in [5, 5.41) is 9.12. The lowest BCUT2D eigenvalue weighted by Gasteiger charge is -2.23. The molecule has 3 nitrogen and oxygen atoms in total. The predicted molar refractivity (Wildman–Crippen MR) is 90.9 cm³/mol. The minimum absolute atomic E-state index is 0.0818. The zero-order valence-electron chi connectivity index (χ0n) is 13.0. The molecule has 1 atom stereocenters. The Hall–Kier alpha value is -1.50. The first-order valence-corrected chi connectivity index (χ1v) is 7.94. The Morgan fingerprint density at radius 3 is 2.59 bits per heavy atom. The number of benzene rings is 1. The molecule has 0 bridgehead atoms. The van der Waals surface area contributed by atoms with E-state index in [1.807, 2.05) is 12.1 Å². The summed E-state index contributed by atoms with van der Waals surface area (Å²) >= 11 is 11.9. The smallest absolute Gasteiger partial charge is 0.246 e. The summed E-state index contributed by atoms with van der Waals surface area (Å²) in [6.45, 7) is 7.00. The second kappa shape index (κ2) is 8.82. The lowest BCUT2D eigenvalue weighted by Crippen LogP contribution is -2.32. The number of rotatable bonds is 6. The molecule has 1 amide bonds. The number of alkyl halides is 1. The topological polar surface area (TPSA) is 44.1 Å². The zero-order chi connectivity index (χ0) is 16.7. The largest absolute Gasteiger partial charge is 0.335 e. The summed E-state index contributed by atoms with van der Waals surface area (Å²) in [6, 6.07) is 7.25. The highest BCUT2D eigenvalue weighted by Crippen LogP contribution is 2.18. The third kappa shape index (κ3) is 6.09. The fourth-order valence-electron chi connectivity index (χ4n) is 1.96. The van der Waals surface area contributed by atoms with Crippen molar-refractivity contribution in [1.29, 1.82) is 5.26 Å². The van der Waals surface area contributed by atoms with Gasteiger partial charge in [0, 0.05) is 24.5 Å². The molecular formula is C17H20Cl2N2O. The maximum atomic E-state index is 12.3. The number of allylic oxidation sites excluding steroid dienone is 1. The van der Waals surface area contributed by atoms with Crippen molar-refractivity contribution in [3.8, 4) is 6.07 Å². The van der Waals surface area contributed by atoms with Crippen LogP contribution < -0.4 is 0 Å². The van der Waals surface area contributed by atoms with Gasteiger partial charge in [0.1, 0.15) is 6.07 Å². The van der Waals surface area contributed by atoms with Crippen LogP contribution >= 0.6 is 23.2 Å². The van der Waals surface area contributed by atoms with Crippen molar-refractivity contribution < 1.29 is 4.79 Å². The van der Waals surface area contributed by atoms with Crippen LogP contribution in [0.2, 0.25) is 5.02 Å². The predicted octanol–water partition coefficient (Wildman–Crippen LogP) is 4.38. The van der Waals surface area contributed by atoms with Gasteiger partial charge in [0.05, 0.1) is 10.6 Å². The van der Waals surface area contributed by atoms with Crippen LogP contribution in [0.1, 0.15) is 31.9 Å². The van der Waals surface area contributed by atoms with E-state index in [0.29, 0.717) is 29.6 Å². The van der Waals surface area contributed by atoms with E-state index in [4.69, 9.17) is 28.5 Å². The lowest BCUT2D eigenvalue weighted by molar-refractivity contribution is -0.127. The molecule has 0 aliphatic rings. The zero-order valence-corrected chi connectivity index (χ0v) is 14.5. The molecule has 118 valence electrons. The molecule has 0 fully saturated rings. The van der Waals surface area contributed by atoms with Gasteiger partial charge in [-0.25, -0.2) is 0 Å². The van der Waals surface area contributed by atoms with E-state index >= 15 is 0 Å². The van der Waals surface area contributed by atoms with Gasteiger partial charge < -0.3 is 4.90 Å². The van der Waals surface area contributed by atoms with Crippen LogP contribution in [-0.2, 0) is 11.3 Å². The third-order valence-corrected chi connectivity index (χ3v) is 3.39. The van der Waals surface area contributed by atoms with Crippen LogP contribution in [-0.4, -0.2) is 22.7 Å². The van der Waals surface area contributed by atoms with Crippen LogP contribution in [0.25, 0.3) is 0 Å². The molecule has 5 heteroatoms. The minimum Gasteiger partial charge on any atom is -0.335 e. The molecule has 1 aromatic rings. The molecule has 0 heterocycles. The van der Waals surface area contributed by atoms with Crippen molar-refractivity contribution in [3.63, 3.8) is 0 Å². The SMILES string of the molecule is CC(Cl)/C=C/C(=O)N(Cc1ccc(C#N)c(Cl)c1)CC(C)C. The van der Waals surface area contributed by atoms with Gasteiger partial charge in [-0.3, -0.25) is 4.79 Å². The van der Waals surface area contributed by atoms with Crippen molar-refractivity contribution in [3.05, 3.63) is 46.5 Å². The average Bonchev–Trinajstić information content (AvgIpc) is 2.43. The van der Waals surface area contributed by atoms with Crippen molar-refractivity contribution in [1.82, 2.24) is 4.90 Å². The number of nitriles is 1. The molecule has 0 N–H and O–H groups in total. The molecule has 0 radical (unpaired) electrons. The highest BCUT2D eigenvalue weighted by Gasteiger charge is 2.14. The molecule has 0 saturated heterocycles. The molecule has 0 aromatic heterocycles. The van der Waals surface area contributed by atoms with Crippen molar-refractivity contribution in [2.75, 3.05) is 6.54 Å².